The van der Waals surface area contributed by atoms with Crippen molar-refractivity contribution in [1.82, 2.24) is 9.97 Å². The Labute approximate surface area is 204 Å². The molecule has 176 valence electrons. The second-order valence-corrected chi connectivity index (χ2v) is 9.94. The summed E-state index contributed by atoms with van der Waals surface area (Å²) in [6.45, 7) is 8.82. The van der Waals surface area contributed by atoms with Gasteiger partial charge in [0.05, 0.1) is 38.3 Å². The normalized spacial score (nSPS) is 15.9. The number of hydrogen-bond acceptors (Lipinski definition) is 9. The third-order valence-electron chi connectivity index (χ3n) is 5.39. The minimum atomic E-state index is -0.991. The summed E-state index contributed by atoms with van der Waals surface area (Å²) >= 11 is 2.26. The number of carbonyl (C=O) groups is 3. The minimum absolute atomic E-state index is 0.0684. The second-order valence-electron chi connectivity index (χ2n) is 7.75. The van der Waals surface area contributed by atoms with Crippen molar-refractivity contribution in [1.29, 1.82) is 0 Å². The molecule has 10 heteroatoms. The van der Waals surface area contributed by atoms with Crippen LogP contribution in [-0.2, 0) is 4.79 Å². The molecule has 3 aromatic rings. The number of aromatic nitrogens is 2. The molecule has 3 heterocycles. The molecule has 0 fully saturated rings. The van der Waals surface area contributed by atoms with E-state index in [1.54, 1.807) is 45.0 Å². The third kappa shape index (κ3) is 3.92. The van der Waals surface area contributed by atoms with Gasteiger partial charge in [-0.2, -0.15) is 0 Å². The van der Waals surface area contributed by atoms with E-state index < -0.39 is 23.5 Å². The summed E-state index contributed by atoms with van der Waals surface area (Å²) in [5.74, 6) is -1.59. The number of amides is 1. The van der Waals surface area contributed by atoms with Crippen LogP contribution < -0.4 is 9.64 Å². The van der Waals surface area contributed by atoms with E-state index in [4.69, 9.17) is 4.74 Å². The van der Waals surface area contributed by atoms with Crippen molar-refractivity contribution >= 4 is 45.3 Å². The van der Waals surface area contributed by atoms with Crippen LogP contribution in [0.4, 0.5) is 5.13 Å². The molecule has 4 rings (SSSR count). The zero-order valence-corrected chi connectivity index (χ0v) is 21.0. The Balaban J connectivity index is 1.94. The number of hydrogen-bond donors (Lipinski definition) is 1. The number of anilines is 1. The van der Waals surface area contributed by atoms with Crippen molar-refractivity contribution in [3.8, 4) is 5.75 Å². The lowest BCUT2D eigenvalue weighted by Gasteiger charge is -2.26. The summed E-state index contributed by atoms with van der Waals surface area (Å²) in [7, 11) is 0. The van der Waals surface area contributed by atoms with E-state index in [2.05, 4.69) is 9.97 Å². The summed E-state index contributed by atoms with van der Waals surface area (Å²) in [5, 5.41) is 11.9. The molecule has 1 aliphatic heterocycles. The summed E-state index contributed by atoms with van der Waals surface area (Å²) in [6, 6.07) is 6.07. The minimum Gasteiger partial charge on any atom is -0.503 e. The van der Waals surface area contributed by atoms with E-state index in [-0.39, 0.29) is 16.5 Å². The fourth-order valence-electron chi connectivity index (χ4n) is 4.00. The van der Waals surface area contributed by atoms with Crippen molar-refractivity contribution in [2.24, 2.45) is 0 Å². The van der Waals surface area contributed by atoms with Crippen LogP contribution in [0.25, 0.3) is 0 Å². The molecule has 0 saturated carbocycles. The summed E-state index contributed by atoms with van der Waals surface area (Å²) < 4.78 is 5.80. The van der Waals surface area contributed by atoms with Gasteiger partial charge in [-0.1, -0.05) is 29.5 Å². The highest BCUT2D eigenvalue weighted by Crippen LogP contribution is 2.46. The van der Waals surface area contributed by atoms with Gasteiger partial charge in [-0.25, -0.2) is 9.97 Å². The number of Topliss-reactive ketones (excluding diaryl/α,β-unsaturated/α-hetero) is 2. The van der Waals surface area contributed by atoms with Crippen LogP contribution in [0.3, 0.4) is 0 Å². The molecule has 0 aliphatic carbocycles. The Morgan fingerprint density at radius 3 is 2.35 bits per heavy atom. The van der Waals surface area contributed by atoms with Gasteiger partial charge in [0.15, 0.2) is 16.7 Å². The maximum absolute atomic E-state index is 13.7. The number of ether oxygens (including phenoxy) is 1. The van der Waals surface area contributed by atoms with Gasteiger partial charge >= 0.3 is 0 Å². The third-order valence-corrected chi connectivity index (χ3v) is 7.72. The number of aryl methyl sites for hydroxylation is 3. The van der Waals surface area contributed by atoms with Gasteiger partial charge in [-0.05, 0) is 33.8 Å². The first-order chi connectivity index (χ1) is 16.1. The average molecular weight is 498 g/mol. The maximum Gasteiger partial charge on any atom is 0.296 e. The quantitative estimate of drug-likeness (QED) is 0.462. The molecule has 0 radical (unpaired) electrons. The topological polar surface area (TPSA) is 110 Å². The highest BCUT2D eigenvalue weighted by atomic mass is 32.1. The first-order valence-corrected chi connectivity index (χ1v) is 12.2. The highest BCUT2D eigenvalue weighted by molar-refractivity contribution is 7.17. The lowest BCUT2D eigenvalue weighted by molar-refractivity contribution is -0.117. The Kier molecular flexibility index (Phi) is 6.37. The van der Waals surface area contributed by atoms with Gasteiger partial charge in [0.2, 0.25) is 5.78 Å². The summed E-state index contributed by atoms with van der Waals surface area (Å²) in [4.78, 5) is 49.9. The molecule has 2 aromatic heterocycles. The van der Waals surface area contributed by atoms with E-state index in [0.717, 1.165) is 11.3 Å². The lowest BCUT2D eigenvalue weighted by Crippen LogP contribution is -2.31. The number of aliphatic hydroxyl groups is 1. The van der Waals surface area contributed by atoms with Crippen LogP contribution >= 0.6 is 22.7 Å². The van der Waals surface area contributed by atoms with Crippen LogP contribution in [-0.4, -0.2) is 39.2 Å². The molecule has 1 unspecified atom stereocenters. The van der Waals surface area contributed by atoms with Gasteiger partial charge in [0.25, 0.3) is 5.91 Å². The summed E-state index contributed by atoms with van der Waals surface area (Å²) in [6.07, 6.45) is 0. The molecule has 0 spiro atoms. The fourth-order valence-corrected chi connectivity index (χ4v) is 5.86. The SMILES string of the molecule is CCOc1ccccc1C1C(C(=O)c2sc(C)nc2C)=C(O)C(=O)N1c1nc(C)c(C(C)=O)s1. The van der Waals surface area contributed by atoms with Crippen molar-refractivity contribution < 1.29 is 24.2 Å². The van der Waals surface area contributed by atoms with Gasteiger partial charge in [0.1, 0.15) is 11.8 Å². The van der Waals surface area contributed by atoms with Crippen LogP contribution in [0, 0.1) is 20.8 Å². The van der Waals surface area contributed by atoms with E-state index >= 15 is 0 Å². The van der Waals surface area contributed by atoms with E-state index in [0.29, 0.717) is 44.1 Å². The lowest BCUT2D eigenvalue weighted by atomic mass is 9.94. The number of benzene rings is 1. The van der Waals surface area contributed by atoms with Crippen LogP contribution in [0.5, 0.6) is 5.75 Å². The van der Waals surface area contributed by atoms with E-state index in [1.165, 1.54) is 23.2 Å². The van der Waals surface area contributed by atoms with E-state index in [1.807, 2.05) is 6.92 Å². The zero-order valence-electron chi connectivity index (χ0n) is 19.3. The second kappa shape index (κ2) is 9.11. The van der Waals surface area contributed by atoms with Crippen LogP contribution in [0.1, 0.15) is 61.2 Å². The number of carbonyl (C=O) groups excluding carboxylic acids is 3. The molecule has 1 atom stereocenters. The highest BCUT2D eigenvalue weighted by Gasteiger charge is 2.47. The molecular formula is C24H23N3O5S2. The van der Waals surface area contributed by atoms with Gasteiger partial charge < -0.3 is 9.84 Å². The Hall–Kier alpha value is -3.37. The average Bonchev–Trinajstić information content (AvgIpc) is 3.41. The fraction of sp³-hybridized carbons (Fsp3) is 0.292. The molecule has 34 heavy (non-hydrogen) atoms. The first-order valence-electron chi connectivity index (χ1n) is 10.6. The number of aliphatic hydroxyl groups excluding tert-OH is 1. The molecule has 8 nitrogen and oxygen atoms in total. The predicted molar refractivity (Wildman–Crippen MR) is 130 cm³/mol. The molecule has 0 saturated heterocycles. The number of nitrogens with zero attached hydrogens (tertiary/aromatic N) is 3. The van der Waals surface area contributed by atoms with Gasteiger partial charge in [0, 0.05) is 12.5 Å². The standard InChI is InChI=1S/C24H23N3O5S2/c1-6-32-16-10-8-7-9-15(16)18-17(19(29)22-12(3)25-14(5)33-22)20(30)23(31)27(18)24-26-11(2)21(34-24)13(4)28/h7-10,18,30H,6H2,1-5H3. The van der Waals surface area contributed by atoms with Crippen molar-refractivity contribution in [3.63, 3.8) is 0 Å². The van der Waals surface area contributed by atoms with Gasteiger partial charge in [-0.3, -0.25) is 19.3 Å². The predicted octanol–water partition coefficient (Wildman–Crippen LogP) is 4.91. The molecule has 1 aromatic carbocycles. The van der Waals surface area contributed by atoms with Crippen molar-refractivity contribution in [2.75, 3.05) is 11.5 Å². The molecule has 1 amide bonds. The smallest absolute Gasteiger partial charge is 0.296 e. The maximum atomic E-state index is 13.7. The number of ketones is 2. The Morgan fingerprint density at radius 2 is 1.76 bits per heavy atom. The zero-order chi connectivity index (χ0) is 24.7. The number of thiazole rings is 2. The molecule has 1 aliphatic rings. The Bertz CT molecular complexity index is 1350. The molecular weight excluding hydrogens is 474 g/mol. The number of rotatable bonds is 7. The number of para-hydroxylation sites is 1. The first kappa shape index (κ1) is 23.8. The summed E-state index contributed by atoms with van der Waals surface area (Å²) in [5.41, 5.74) is 1.46. The van der Waals surface area contributed by atoms with Crippen LogP contribution in [0.15, 0.2) is 35.6 Å². The van der Waals surface area contributed by atoms with Crippen molar-refractivity contribution in [2.45, 2.75) is 40.7 Å². The largest absolute Gasteiger partial charge is 0.503 e. The molecule has 0 bridgehead atoms. The monoisotopic (exact) mass is 497 g/mol. The van der Waals surface area contributed by atoms with E-state index in [9.17, 15) is 19.5 Å². The van der Waals surface area contributed by atoms with Gasteiger partial charge in [-0.15, -0.1) is 11.3 Å². The Morgan fingerprint density at radius 1 is 1.09 bits per heavy atom. The molecule has 1 N–H and O–H groups in total. The van der Waals surface area contributed by atoms with Crippen LogP contribution in [0.2, 0.25) is 0 Å². The van der Waals surface area contributed by atoms with Crippen molar-refractivity contribution in [3.05, 3.63) is 67.3 Å².